The third-order valence-corrected chi connectivity index (χ3v) is 1.89. The molecule has 0 radical (unpaired) electrons. The highest BCUT2D eigenvalue weighted by Gasteiger charge is 2.01. The molecule has 1 heterocycles. The molecule has 0 fully saturated rings. The Bertz CT molecular complexity index is 207. The van der Waals surface area contributed by atoms with Crippen LogP contribution in [-0.2, 0) is 6.42 Å². The van der Waals surface area contributed by atoms with E-state index in [9.17, 15) is 0 Å². The van der Waals surface area contributed by atoms with Crippen LogP contribution in [-0.4, -0.2) is 15.4 Å². The molecule has 4 heteroatoms. The molecule has 0 aliphatic carbocycles. The highest BCUT2D eigenvalue weighted by Crippen LogP contribution is 2.05. The van der Waals surface area contributed by atoms with Crippen molar-refractivity contribution in [2.24, 2.45) is 5.73 Å². The Kier molecular flexibility index (Phi) is 2.34. The topological polar surface area (TPSA) is 51.8 Å². The summed E-state index contributed by atoms with van der Waals surface area (Å²) in [5.41, 5.74) is 5.57. The molecule has 1 rings (SSSR count). The first-order valence-electron chi connectivity index (χ1n) is 3.23. The largest absolute Gasteiger partial charge is 0.328 e. The number of nitrogens with zero attached hydrogens (tertiary/aromatic N) is 2. The quantitative estimate of drug-likeness (QED) is 0.688. The second kappa shape index (κ2) is 3.07. The molecule has 1 unspecified atom stereocenters. The van der Waals surface area contributed by atoms with E-state index in [1.165, 1.54) is 11.5 Å². The second-order valence-corrected chi connectivity index (χ2v) is 3.25. The number of nitrogens with two attached hydrogens (primary N) is 1. The van der Waals surface area contributed by atoms with E-state index in [0.29, 0.717) is 0 Å². The summed E-state index contributed by atoms with van der Waals surface area (Å²) in [5.74, 6) is 0.848. The Balaban J connectivity index is 2.58. The SMILES string of the molecule is Cc1nsc(CC(C)N)n1. The monoisotopic (exact) mass is 157 g/mol. The van der Waals surface area contributed by atoms with Crippen LogP contribution in [0.3, 0.4) is 0 Å². The fourth-order valence-corrected chi connectivity index (χ4v) is 1.49. The maximum absolute atomic E-state index is 5.57. The summed E-state index contributed by atoms with van der Waals surface area (Å²) in [6.07, 6.45) is 0.839. The van der Waals surface area contributed by atoms with Crippen molar-refractivity contribution >= 4 is 11.5 Å². The van der Waals surface area contributed by atoms with Crippen molar-refractivity contribution in [3.05, 3.63) is 10.8 Å². The van der Waals surface area contributed by atoms with E-state index in [2.05, 4.69) is 9.36 Å². The smallest absolute Gasteiger partial charge is 0.139 e. The lowest BCUT2D eigenvalue weighted by molar-refractivity contribution is 0.732. The fourth-order valence-electron chi connectivity index (χ4n) is 0.698. The predicted octanol–water partition coefficient (Wildman–Crippen LogP) is 0.736. The minimum Gasteiger partial charge on any atom is -0.328 e. The van der Waals surface area contributed by atoms with Crippen LogP contribution in [0.5, 0.6) is 0 Å². The van der Waals surface area contributed by atoms with Gasteiger partial charge in [-0.1, -0.05) is 0 Å². The van der Waals surface area contributed by atoms with E-state index in [4.69, 9.17) is 5.73 Å². The van der Waals surface area contributed by atoms with Crippen LogP contribution in [0.15, 0.2) is 0 Å². The molecule has 1 aromatic heterocycles. The standard InChI is InChI=1S/C6H11N3S/c1-4(7)3-6-8-5(2)9-10-6/h4H,3,7H2,1-2H3. The molecule has 2 N–H and O–H groups in total. The molecule has 0 saturated carbocycles. The Morgan fingerprint density at radius 2 is 2.40 bits per heavy atom. The van der Waals surface area contributed by atoms with Gasteiger partial charge >= 0.3 is 0 Å². The van der Waals surface area contributed by atoms with Crippen LogP contribution in [0.4, 0.5) is 0 Å². The summed E-state index contributed by atoms with van der Waals surface area (Å²) < 4.78 is 4.04. The van der Waals surface area contributed by atoms with Crippen molar-refractivity contribution < 1.29 is 0 Å². The van der Waals surface area contributed by atoms with Crippen molar-refractivity contribution in [2.75, 3.05) is 0 Å². The molecule has 0 aliphatic heterocycles. The van der Waals surface area contributed by atoms with Crippen molar-refractivity contribution in [1.82, 2.24) is 9.36 Å². The maximum Gasteiger partial charge on any atom is 0.139 e. The van der Waals surface area contributed by atoms with Crippen LogP contribution in [0.1, 0.15) is 17.8 Å². The molecule has 0 aromatic carbocycles. The third kappa shape index (κ3) is 2.04. The summed E-state index contributed by atoms with van der Waals surface area (Å²) in [6, 6.07) is 0.187. The molecule has 0 spiro atoms. The first kappa shape index (κ1) is 7.63. The van der Waals surface area contributed by atoms with E-state index in [0.717, 1.165) is 17.3 Å². The van der Waals surface area contributed by atoms with Gasteiger partial charge in [-0.05, 0) is 25.4 Å². The highest BCUT2D eigenvalue weighted by atomic mass is 32.1. The molecule has 1 aromatic rings. The Hall–Kier alpha value is -0.480. The minimum absolute atomic E-state index is 0.187. The number of hydrogen-bond donors (Lipinski definition) is 1. The van der Waals surface area contributed by atoms with Crippen molar-refractivity contribution in [2.45, 2.75) is 26.3 Å². The van der Waals surface area contributed by atoms with E-state index >= 15 is 0 Å². The molecule has 0 aliphatic rings. The summed E-state index contributed by atoms with van der Waals surface area (Å²) in [6.45, 7) is 3.86. The van der Waals surface area contributed by atoms with Gasteiger partial charge in [0.05, 0.1) is 0 Å². The Labute approximate surface area is 64.5 Å². The van der Waals surface area contributed by atoms with Crippen LogP contribution < -0.4 is 5.73 Å². The molecule has 0 amide bonds. The first-order chi connectivity index (χ1) is 4.68. The van der Waals surface area contributed by atoms with Gasteiger partial charge in [-0.2, -0.15) is 4.37 Å². The van der Waals surface area contributed by atoms with E-state index in [-0.39, 0.29) is 6.04 Å². The van der Waals surface area contributed by atoms with Crippen LogP contribution in [0.2, 0.25) is 0 Å². The zero-order chi connectivity index (χ0) is 7.56. The van der Waals surface area contributed by atoms with Gasteiger partial charge in [-0.15, -0.1) is 0 Å². The average molecular weight is 157 g/mol. The van der Waals surface area contributed by atoms with Gasteiger partial charge in [0.1, 0.15) is 10.8 Å². The van der Waals surface area contributed by atoms with Gasteiger partial charge in [0.25, 0.3) is 0 Å². The second-order valence-electron chi connectivity index (χ2n) is 2.42. The number of hydrogen-bond acceptors (Lipinski definition) is 4. The number of rotatable bonds is 2. The zero-order valence-corrected chi connectivity index (χ0v) is 6.98. The van der Waals surface area contributed by atoms with Crippen LogP contribution >= 0.6 is 11.5 Å². The molecular formula is C6H11N3S. The fraction of sp³-hybridized carbons (Fsp3) is 0.667. The maximum atomic E-state index is 5.57. The first-order valence-corrected chi connectivity index (χ1v) is 4.00. The summed E-state index contributed by atoms with van der Waals surface area (Å²) >= 11 is 1.44. The Morgan fingerprint density at radius 1 is 1.70 bits per heavy atom. The van der Waals surface area contributed by atoms with Gasteiger partial charge < -0.3 is 5.73 Å². The van der Waals surface area contributed by atoms with Crippen LogP contribution in [0.25, 0.3) is 0 Å². The predicted molar refractivity (Wildman–Crippen MR) is 42.0 cm³/mol. The molecule has 0 saturated heterocycles. The van der Waals surface area contributed by atoms with Gasteiger partial charge in [0.15, 0.2) is 0 Å². The number of aromatic nitrogens is 2. The lowest BCUT2D eigenvalue weighted by Gasteiger charge is -1.97. The van der Waals surface area contributed by atoms with Crippen molar-refractivity contribution in [3.63, 3.8) is 0 Å². The molecule has 10 heavy (non-hydrogen) atoms. The Morgan fingerprint density at radius 3 is 2.80 bits per heavy atom. The summed E-state index contributed by atoms with van der Waals surface area (Å²) in [5, 5.41) is 1.03. The van der Waals surface area contributed by atoms with Gasteiger partial charge in [0, 0.05) is 12.5 Å². The zero-order valence-electron chi connectivity index (χ0n) is 6.16. The lowest BCUT2D eigenvalue weighted by Crippen LogP contribution is -2.17. The average Bonchev–Trinajstić information content (AvgIpc) is 2.13. The molecule has 0 bridgehead atoms. The highest BCUT2D eigenvalue weighted by molar-refractivity contribution is 7.05. The molecular weight excluding hydrogens is 146 g/mol. The van der Waals surface area contributed by atoms with Gasteiger partial charge in [-0.25, -0.2) is 4.98 Å². The lowest BCUT2D eigenvalue weighted by atomic mass is 10.3. The molecule has 56 valence electrons. The van der Waals surface area contributed by atoms with E-state index < -0.39 is 0 Å². The van der Waals surface area contributed by atoms with Crippen LogP contribution in [0, 0.1) is 6.92 Å². The van der Waals surface area contributed by atoms with Gasteiger partial charge in [-0.3, -0.25) is 0 Å². The third-order valence-electron chi connectivity index (χ3n) is 1.07. The summed E-state index contributed by atoms with van der Waals surface area (Å²) in [7, 11) is 0. The summed E-state index contributed by atoms with van der Waals surface area (Å²) in [4.78, 5) is 4.18. The van der Waals surface area contributed by atoms with E-state index in [1.807, 2.05) is 13.8 Å². The van der Waals surface area contributed by atoms with E-state index in [1.54, 1.807) is 0 Å². The molecule has 1 atom stereocenters. The van der Waals surface area contributed by atoms with Crippen molar-refractivity contribution in [1.29, 1.82) is 0 Å². The van der Waals surface area contributed by atoms with Gasteiger partial charge in [0.2, 0.25) is 0 Å². The number of aryl methyl sites for hydroxylation is 1. The minimum atomic E-state index is 0.187. The normalized spacial score (nSPS) is 13.5. The van der Waals surface area contributed by atoms with Crippen molar-refractivity contribution in [3.8, 4) is 0 Å². The molecule has 3 nitrogen and oxygen atoms in total.